The normalized spacial score (nSPS) is 11.1. The maximum atomic E-state index is 13.2. The van der Waals surface area contributed by atoms with Crippen molar-refractivity contribution in [1.82, 2.24) is 24.9 Å². The number of halogens is 1. The lowest BCUT2D eigenvalue weighted by atomic mass is 10.2. The van der Waals surface area contributed by atoms with E-state index >= 15 is 0 Å². The van der Waals surface area contributed by atoms with Crippen molar-refractivity contribution in [1.29, 1.82) is 0 Å². The first-order chi connectivity index (χ1) is 13.5. The van der Waals surface area contributed by atoms with Gasteiger partial charge in [-0.1, -0.05) is 0 Å². The Kier molecular flexibility index (Phi) is 4.60. The van der Waals surface area contributed by atoms with E-state index in [-0.39, 0.29) is 11.4 Å². The number of aromatic amines is 2. The first-order valence-electron chi connectivity index (χ1n) is 8.91. The van der Waals surface area contributed by atoms with Crippen LogP contribution in [-0.2, 0) is 6.42 Å². The molecule has 0 spiro atoms. The van der Waals surface area contributed by atoms with Crippen LogP contribution in [0, 0.1) is 19.7 Å². The Labute approximate surface area is 160 Å². The summed E-state index contributed by atoms with van der Waals surface area (Å²) in [5.74, 6) is 1.70. The molecule has 3 heterocycles. The molecular formula is C20H19FN6O. The number of H-pyrrole nitrogens is 2. The van der Waals surface area contributed by atoms with Gasteiger partial charge in [0, 0.05) is 36.0 Å². The minimum Gasteiger partial charge on any atom is -0.370 e. The molecule has 0 atom stereocenters. The standard InChI is InChI=1S/C20H19FN6O/c1-11-12(2)24-19(27-20(11)28)13-3-6-17(23-10-13)22-8-7-18-25-15-5-4-14(21)9-16(15)26-18/h3-6,9-10H,7-8H2,1-2H3,(H,22,23)(H,25,26)(H,24,27,28). The highest BCUT2D eigenvalue weighted by Crippen LogP contribution is 2.16. The molecule has 0 aliphatic carbocycles. The van der Waals surface area contributed by atoms with Crippen molar-refractivity contribution in [2.75, 3.05) is 11.9 Å². The predicted molar refractivity (Wildman–Crippen MR) is 106 cm³/mol. The molecule has 4 aromatic rings. The number of pyridine rings is 1. The third-order valence-corrected chi connectivity index (χ3v) is 4.59. The number of rotatable bonds is 5. The lowest BCUT2D eigenvalue weighted by Gasteiger charge is -2.07. The first kappa shape index (κ1) is 17.8. The molecule has 28 heavy (non-hydrogen) atoms. The Morgan fingerprint density at radius 1 is 1.11 bits per heavy atom. The van der Waals surface area contributed by atoms with Crippen molar-refractivity contribution in [3.63, 3.8) is 0 Å². The van der Waals surface area contributed by atoms with E-state index in [1.54, 1.807) is 19.2 Å². The van der Waals surface area contributed by atoms with Gasteiger partial charge in [0.1, 0.15) is 23.3 Å². The molecule has 7 nitrogen and oxygen atoms in total. The van der Waals surface area contributed by atoms with Gasteiger partial charge in [0.25, 0.3) is 5.56 Å². The molecule has 3 aromatic heterocycles. The van der Waals surface area contributed by atoms with E-state index in [2.05, 4.69) is 30.2 Å². The van der Waals surface area contributed by atoms with Crippen molar-refractivity contribution < 1.29 is 4.39 Å². The number of hydrogen-bond donors (Lipinski definition) is 3. The molecule has 0 saturated heterocycles. The molecule has 1 aromatic carbocycles. The number of fused-ring (bicyclic) bond motifs is 1. The monoisotopic (exact) mass is 378 g/mol. The quantitative estimate of drug-likeness (QED) is 0.496. The van der Waals surface area contributed by atoms with Crippen LogP contribution in [0.25, 0.3) is 22.4 Å². The molecule has 0 unspecified atom stereocenters. The van der Waals surface area contributed by atoms with Gasteiger partial charge in [0.05, 0.1) is 11.0 Å². The van der Waals surface area contributed by atoms with Gasteiger partial charge in [-0.25, -0.2) is 19.3 Å². The molecule has 0 bridgehead atoms. The molecule has 4 rings (SSSR count). The first-order valence-corrected chi connectivity index (χ1v) is 8.91. The fourth-order valence-corrected chi connectivity index (χ4v) is 2.88. The zero-order valence-corrected chi connectivity index (χ0v) is 15.5. The van der Waals surface area contributed by atoms with Crippen molar-refractivity contribution in [2.45, 2.75) is 20.3 Å². The second kappa shape index (κ2) is 7.22. The van der Waals surface area contributed by atoms with Crippen LogP contribution in [0.5, 0.6) is 0 Å². The summed E-state index contributed by atoms with van der Waals surface area (Å²) in [7, 11) is 0. The van der Waals surface area contributed by atoms with Crippen LogP contribution in [0.3, 0.4) is 0 Å². The van der Waals surface area contributed by atoms with Gasteiger partial charge in [-0.05, 0) is 44.2 Å². The smallest absolute Gasteiger partial charge is 0.254 e. The molecule has 0 fully saturated rings. The summed E-state index contributed by atoms with van der Waals surface area (Å²) < 4.78 is 13.2. The molecule has 8 heteroatoms. The van der Waals surface area contributed by atoms with Gasteiger partial charge in [0.2, 0.25) is 0 Å². The number of hydrogen-bond acceptors (Lipinski definition) is 5. The van der Waals surface area contributed by atoms with Gasteiger partial charge in [-0.15, -0.1) is 0 Å². The van der Waals surface area contributed by atoms with Crippen LogP contribution < -0.4 is 10.9 Å². The maximum absolute atomic E-state index is 13.2. The largest absolute Gasteiger partial charge is 0.370 e. The van der Waals surface area contributed by atoms with Crippen molar-refractivity contribution in [3.8, 4) is 11.4 Å². The van der Waals surface area contributed by atoms with Gasteiger partial charge >= 0.3 is 0 Å². The van der Waals surface area contributed by atoms with Gasteiger partial charge in [-0.2, -0.15) is 0 Å². The van der Waals surface area contributed by atoms with Gasteiger partial charge in [0.15, 0.2) is 0 Å². The lowest BCUT2D eigenvalue weighted by molar-refractivity contribution is 0.629. The van der Waals surface area contributed by atoms with E-state index in [4.69, 9.17) is 0 Å². The summed E-state index contributed by atoms with van der Waals surface area (Å²) in [5.41, 5.74) is 3.34. The Morgan fingerprint density at radius 2 is 1.96 bits per heavy atom. The minimum absolute atomic E-state index is 0.143. The van der Waals surface area contributed by atoms with E-state index in [1.807, 2.05) is 19.1 Å². The van der Waals surface area contributed by atoms with E-state index in [0.29, 0.717) is 41.4 Å². The minimum atomic E-state index is -0.287. The van der Waals surface area contributed by atoms with Crippen LogP contribution in [0.4, 0.5) is 10.2 Å². The number of imidazole rings is 1. The van der Waals surface area contributed by atoms with E-state index < -0.39 is 0 Å². The zero-order chi connectivity index (χ0) is 19.7. The summed E-state index contributed by atoms with van der Waals surface area (Å²) in [6.07, 6.45) is 2.31. The molecular weight excluding hydrogens is 359 g/mol. The second-order valence-electron chi connectivity index (χ2n) is 6.58. The Bertz CT molecular complexity index is 1200. The zero-order valence-electron chi connectivity index (χ0n) is 15.5. The third-order valence-electron chi connectivity index (χ3n) is 4.59. The SMILES string of the molecule is Cc1nc(-c2ccc(NCCc3nc4ccc(F)cc4[nH]3)nc2)[nH]c(=O)c1C. The summed E-state index contributed by atoms with van der Waals surface area (Å²) in [5, 5.41) is 3.22. The predicted octanol–water partition coefficient (Wildman–Crippen LogP) is 3.12. The van der Waals surface area contributed by atoms with Gasteiger partial charge in [-0.3, -0.25) is 4.79 Å². The third kappa shape index (κ3) is 3.62. The molecule has 3 N–H and O–H groups in total. The highest BCUT2D eigenvalue weighted by molar-refractivity contribution is 5.74. The van der Waals surface area contributed by atoms with Crippen LogP contribution >= 0.6 is 0 Å². The van der Waals surface area contributed by atoms with Gasteiger partial charge < -0.3 is 15.3 Å². The molecule has 0 amide bonds. The molecule has 0 saturated carbocycles. The van der Waals surface area contributed by atoms with Crippen molar-refractivity contribution >= 4 is 16.9 Å². The highest BCUT2D eigenvalue weighted by atomic mass is 19.1. The summed E-state index contributed by atoms with van der Waals surface area (Å²) in [6.45, 7) is 4.17. The van der Waals surface area contributed by atoms with Crippen LogP contribution in [0.15, 0.2) is 41.3 Å². The average molecular weight is 378 g/mol. The van der Waals surface area contributed by atoms with Crippen LogP contribution in [0.2, 0.25) is 0 Å². The van der Waals surface area contributed by atoms with Crippen LogP contribution in [-0.4, -0.2) is 31.5 Å². The Hall–Kier alpha value is -3.55. The highest BCUT2D eigenvalue weighted by Gasteiger charge is 2.07. The van der Waals surface area contributed by atoms with E-state index in [1.165, 1.54) is 12.1 Å². The Morgan fingerprint density at radius 3 is 2.71 bits per heavy atom. The Balaban J connectivity index is 1.41. The van der Waals surface area contributed by atoms with E-state index in [0.717, 1.165) is 16.9 Å². The van der Waals surface area contributed by atoms with Crippen molar-refractivity contribution in [3.05, 3.63) is 69.8 Å². The number of nitrogens with zero attached hydrogens (tertiary/aromatic N) is 3. The fraction of sp³-hybridized carbons (Fsp3) is 0.200. The number of benzene rings is 1. The fourth-order valence-electron chi connectivity index (χ4n) is 2.88. The van der Waals surface area contributed by atoms with E-state index in [9.17, 15) is 9.18 Å². The topological polar surface area (TPSA) is 99.3 Å². The second-order valence-corrected chi connectivity index (χ2v) is 6.58. The number of aromatic nitrogens is 5. The number of anilines is 1. The molecule has 0 aliphatic heterocycles. The number of nitrogens with one attached hydrogen (secondary N) is 3. The van der Waals surface area contributed by atoms with Crippen LogP contribution in [0.1, 0.15) is 17.1 Å². The lowest BCUT2D eigenvalue weighted by Crippen LogP contribution is -2.14. The molecule has 0 aliphatic rings. The summed E-state index contributed by atoms with van der Waals surface area (Å²) >= 11 is 0. The molecule has 0 radical (unpaired) electrons. The number of aryl methyl sites for hydroxylation is 1. The summed E-state index contributed by atoms with van der Waals surface area (Å²) in [6, 6.07) is 8.17. The molecule has 142 valence electrons. The van der Waals surface area contributed by atoms with Crippen molar-refractivity contribution in [2.24, 2.45) is 0 Å². The average Bonchev–Trinajstić information content (AvgIpc) is 3.08. The maximum Gasteiger partial charge on any atom is 0.254 e. The summed E-state index contributed by atoms with van der Waals surface area (Å²) in [4.78, 5) is 31.0.